The Morgan fingerprint density at radius 3 is 2.26 bits per heavy atom. The Bertz CT molecular complexity index is 1040. The molecule has 0 amide bonds. The van der Waals surface area contributed by atoms with E-state index < -0.39 is 16.2 Å². The Morgan fingerprint density at radius 2 is 1.56 bits per heavy atom. The number of hydrogen-bond acceptors (Lipinski definition) is 4. The van der Waals surface area contributed by atoms with Gasteiger partial charge in [-0.3, -0.25) is 4.55 Å². The quantitative estimate of drug-likeness (QED) is 0.543. The van der Waals surface area contributed by atoms with Gasteiger partial charge < -0.3 is 10.2 Å². The van der Waals surface area contributed by atoms with Crippen LogP contribution in [0, 0.1) is 0 Å². The number of fused-ring (bicyclic) bond motifs is 1. The molecular formula is C21H22O5S. The van der Waals surface area contributed by atoms with Gasteiger partial charge in [-0.25, -0.2) is 0 Å². The third-order valence-corrected chi connectivity index (χ3v) is 5.69. The Hall–Kier alpha value is -2.25. The van der Waals surface area contributed by atoms with Crippen LogP contribution in [0.5, 0.6) is 0 Å². The Balaban J connectivity index is 1.87. The van der Waals surface area contributed by atoms with Gasteiger partial charge in [-0.05, 0) is 46.4 Å². The molecule has 0 aromatic heterocycles. The van der Waals surface area contributed by atoms with Crippen molar-refractivity contribution in [2.24, 2.45) is 0 Å². The lowest BCUT2D eigenvalue weighted by atomic mass is 9.95. The molecule has 0 aliphatic heterocycles. The fourth-order valence-corrected chi connectivity index (χ4v) is 4.13. The van der Waals surface area contributed by atoms with Crippen molar-refractivity contribution in [2.75, 3.05) is 0 Å². The highest BCUT2D eigenvalue weighted by Gasteiger charge is 2.20. The van der Waals surface area contributed by atoms with Crippen LogP contribution in [0.4, 0.5) is 0 Å². The van der Waals surface area contributed by atoms with Crippen molar-refractivity contribution < 1.29 is 23.2 Å². The molecule has 0 radical (unpaired) electrons. The summed E-state index contributed by atoms with van der Waals surface area (Å²) in [7, 11) is -4.39. The lowest BCUT2D eigenvalue weighted by Crippen LogP contribution is -2.15. The Kier molecular flexibility index (Phi) is 5.92. The third kappa shape index (κ3) is 4.54. The van der Waals surface area contributed by atoms with E-state index in [1.807, 2.05) is 36.4 Å². The first-order valence-corrected chi connectivity index (χ1v) is 10.2. The summed E-state index contributed by atoms with van der Waals surface area (Å²) in [4.78, 5) is -0.170. The molecule has 0 heterocycles. The minimum atomic E-state index is -4.39. The van der Waals surface area contributed by atoms with Crippen LogP contribution in [0.1, 0.15) is 23.1 Å². The van der Waals surface area contributed by atoms with Gasteiger partial charge in [0.15, 0.2) is 0 Å². The highest BCUT2D eigenvalue weighted by Crippen LogP contribution is 2.28. The molecule has 5 nitrogen and oxygen atoms in total. The summed E-state index contributed by atoms with van der Waals surface area (Å²) in [5, 5.41) is 21.5. The monoisotopic (exact) mass is 386 g/mol. The van der Waals surface area contributed by atoms with E-state index in [1.54, 1.807) is 18.2 Å². The summed E-state index contributed by atoms with van der Waals surface area (Å²) in [6.45, 7) is -0.0670. The highest BCUT2D eigenvalue weighted by atomic mass is 32.2. The zero-order chi connectivity index (χ0) is 19.4. The molecule has 3 rings (SSSR count). The number of aryl methyl sites for hydroxylation is 1. The smallest absolute Gasteiger partial charge is 0.294 e. The average Bonchev–Trinajstić information content (AvgIpc) is 2.66. The standard InChI is InChI=1S/C21H22O5S/c22-14-17-7-2-1-5-15(17)9-11-18(23)13-20-19-8-4-3-6-16(19)10-12-21(20)27(24,25)26/h1-8,10,12,18,22-23H,9,11,13-14H2,(H,24,25,26). The molecule has 0 saturated carbocycles. The molecular weight excluding hydrogens is 364 g/mol. The molecule has 0 bridgehead atoms. The molecule has 1 atom stereocenters. The van der Waals surface area contributed by atoms with Crippen molar-refractivity contribution in [1.82, 2.24) is 0 Å². The van der Waals surface area contributed by atoms with E-state index in [0.717, 1.165) is 16.5 Å². The van der Waals surface area contributed by atoms with Crippen LogP contribution in [0.3, 0.4) is 0 Å². The number of benzene rings is 3. The van der Waals surface area contributed by atoms with Crippen molar-refractivity contribution >= 4 is 20.9 Å². The molecule has 0 fully saturated rings. The fourth-order valence-electron chi connectivity index (χ4n) is 3.38. The van der Waals surface area contributed by atoms with E-state index in [0.29, 0.717) is 23.8 Å². The molecule has 1 unspecified atom stereocenters. The maximum atomic E-state index is 11.8. The number of aliphatic hydroxyl groups excluding tert-OH is 2. The first kappa shape index (κ1) is 19.5. The Morgan fingerprint density at radius 1 is 0.889 bits per heavy atom. The molecule has 0 saturated heterocycles. The molecule has 0 spiro atoms. The van der Waals surface area contributed by atoms with Gasteiger partial charge >= 0.3 is 0 Å². The van der Waals surface area contributed by atoms with Gasteiger partial charge in [0, 0.05) is 6.42 Å². The average molecular weight is 386 g/mol. The van der Waals surface area contributed by atoms with Crippen molar-refractivity contribution in [3.63, 3.8) is 0 Å². The molecule has 0 aliphatic rings. The van der Waals surface area contributed by atoms with Gasteiger partial charge in [-0.15, -0.1) is 0 Å². The number of rotatable bonds is 7. The van der Waals surface area contributed by atoms with Crippen molar-refractivity contribution in [1.29, 1.82) is 0 Å². The summed E-state index contributed by atoms with van der Waals surface area (Å²) in [6, 6.07) is 17.8. The first-order chi connectivity index (χ1) is 12.9. The molecule has 3 N–H and O–H groups in total. The maximum absolute atomic E-state index is 11.8. The largest absolute Gasteiger partial charge is 0.393 e. The molecule has 3 aromatic rings. The van der Waals surface area contributed by atoms with Gasteiger partial charge in [-0.2, -0.15) is 8.42 Å². The summed E-state index contributed by atoms with van der Waals surface area (Å²) in [5.41, 5.74) is 2.18. The first-order valence-electron chi connectivity index (χ1n) is 8.74. The van der Waals surface area contributed by atoms with Crippen LogP contribution in [0.2, 0.25) is 0 Å². The second kappa shape index (κ2) is 8.19. The fraction of sp³-hybridized carbons (Fsp3) is 0.238. The van der Waals surface area contributed by atoms with Crippen LogP contribution in [-0.4, -0.2) is 29.3 Å². The second-order valence-electron chi connectivity index (χ2n) is 6.56. The van der Waals surface area contributed by atoms with Gasteiger partial charge in [0.25, 0.3) is 10.1 Å². The third-order valence-electron chi connectivity index (χ3n) is 4.75. The van der Waals surface area contributed by atoms with E-state index in [1.165, 1.54) is 6.07 Å². The van der Waals surface area contributed by atoms with Gasteiger partial charge in [0.05, 0.1) is 17.6 Å². The summed E-state index contributed by atoms with van der Waals surface area (Å²) in [6.07, 6.45) is 0.287. The van der Waals surface area contributed by atoms with E-state index >= 15 is 0 Å². The van der Waals surface area contributed by atoms with Crippen LogP contribution >= 0.6 is 0 Å². The van der Waals surface area contributed by atoms with E-state index in [4.69, 9.17) is 0 Å². The van der Waals surface area contributed by atoms with Crippen molar-refractivity contribution in [3.8, 4) is 0 Å². The maximum Gasteiger partial charge on any atom is 0.294 e. The van der Waals surface area contributed by atoms with E-state index in [-0.39, 0.29) is 17.9 Å². The minimum Gasteiger partial charge on any atom is -0.393 e. The molecule has 142 valence electrons. The lowest BCUT2D eigenvalue weighted by molar-refractivity contribution is 0.164. The van der Waals surface area contributed by atoms with Crippen LogP contribution in [-0.2, 0) is 29.6 Å². The number of aliphatic hydroxyl groups is 2. The molecule has 6 heteroatoms. The predicted octanol–water partition coefficient (Wildman–Crippen LogP) is 3.12. The van der Waals surface area contributed by atoms with E-state index in [2.05, 4.69) is 0 Å². The number of hydrogen-bond donors (Lipinski definition) is 3. The van der Waals surface area contributed by atoms with Crippen molar-refractivity contribution in [3.05, 3.63) is 77.4 Å². The SMILES string of the molecule is O=S(=O)(O)c1ccc2ccccc2c1CC(O)CCc1ccccc1CO. The topological polar surface area (TPSA) is 94.8 Å². The van der Waals surface area contributed by atoms with Gasteiger partial charge in [0.2, 0.25) is 0 Å². The molecule has 3 aromatic carbocycles. The molecule has 27 heavy (non-hydrogen) atoms. The second-order valence-corrected chi connectivity index (χ2v) is 7.95. The predicted molar refractivity (Wildman–Crippen MR) is 104 cm³/mol. The molecule has 0 aliphatic carbocycles. The van der Waals surface area contributed by atoms with E-state index in [9.17, 15) is 23.2 Å². The zero-order valence-electron chi connectivity index (χ0n) is 14.7. The van der Waals surface area contributed by atoms with Crippen LogP contribution < -0.4 is 0 Å². The zero-order valence-corrected chi connectivity index (χ0v) is 15.6. The normalized spacial score (nSPS) is 13.0. The van der Waals surface area contributed by atoms with Crippen LogP contribution in [0.15, 0.2) is 65.6 Å². The van der Waals surface area contributed by atoms with Crippen molar-refractivity contribution in [2.45, 2.75) is 36.9 Å². The highest BCUT2D eigenvalue weighted by molar-refractivity contribution is 7.85. The van der Waals surface area contributed by atoms with Crippen LogP contribution in [0.25, 0.3) is 10.8 Å². The summed E-state index contributed by atoms with van der Waals surface area (Å²) < 4.78 is 33.2. The summed E-state index contributed by atoms with van der Waals surface area (Å²) >= 11 is 0. The van der Waals surface area contributed by atoms with Gasteiger partial charge in [-0.1, -0.05) is 54.6 Å². The summed E-state index contributed by atoms with van der Waals surface area (Å²) in [5.74, 6) is 0. The minimum absolute atomic E-state index is 0.0670. The lowest BCUT2D eigenvalue weighted by Gasteiger charge is -2.16. The Labute approximate surface area is 158 Å². The van der Waals surface area contributed by atoms with Gasteiger partial charge in [0.1, 0.15) is 0 Å².